The highest BCUT2D eigenvalue weighted by atomic mass is 35.5. The van der Waals surface area contributed by atoms with E-state index in [1.165, 1.54) is 18.2 Å². The van der Waals surface area contributed by atoms with Crippen molar-refractivity contribution in [1.29, 1.82) is 0 Å². The molecule has 0 radical (unpaired) electrons. The third-order valence-electron chi connectivity index (χ3n) is 2.04. The monoisotopic (exact) mass is 263 g/mol. The van der Waals surface area contributed by atoms with Crippen molar-refractivity contribution in [3.05, 3.63) is 28.8 Å². The minimum atomic E-state index is -2.52. The van der Waals surface area contributed by atoms with Crippen molar-refractivity contribution in [3.63, 3.8) is 0 Å². The lowest BCUT2D eigenvalue weighted by Gasteiger charge is -2.04. The van der Waals surface area contributed by atoms with Crippen LogP contribution in [0.1, 0.15) is 16.8 Å². The second-order valence-electron chi connectivity index (χ2n) is 3.38. The minimum absolute atomic E-state index is 0.0347. The molecule has 0 atom stereocenters. The number of hydrogen-bond donors (Lipinski definition) is 1. The summed E-state index contributed by atoms with van der Waals surface area (Å²) >= 11 is 5.75. The Hall–Kier alpha value is -1.20. The van der Waals surface area contributed by atoms with Gasteiger partial charge in [-0.25, -0.2) is 8.78 Å². The Labute approximate surface area is 103 Å². The van der Waals surface area contributed by atoms with Gasteiger partial charge >= 0.3 is 0 Å². The zero-order chi connectivity index (χ0) is 12.8. The van der Waals surface area contributed by atoms with E-state index in [0.717, 1.165) is 0 Å². The summed E-state index contributed by atoms with van der Waals surface area (Å²) in [6.45, 7) is -0.694. The van der Waals surface area contributed by atoms with E-state index in [2.05, 4.69) is 4.74 Å². The number of nitrogens with two attached hydrogens (primary N) is 1. The van der Waals surface area contributed by atoms with Gasteiger partial charge in [-0.05, 0) is 18.2 Å². The molecule has 0 aliphatic rings. The fourth-order valence-electron chi connectivity index (χ4n) is 1.18. The van der Waals surface area contributed by atoms with E-state index in [4.69, 9.17) is 17.3 Å². The number of nitrogen functional groups attached to an aromatic ring is 1. The summed E-state index contributed by atoms with van der Waals surface area (Å²) in [5.41, 5.74) is 6.27. The van der Waals surface area contributed by atoms with Crippen LogP contribution in [0.3, 0.4) is 0 Å². The van der Waals surface area contributed by atoms with E-state index in [1.807, 2.05) is 0 Å². The number of ether oxygens (including phenoxy) is 1. The highest BCUT2D eigenvalue weighted by Crippen LogP contribution is 2.20. The predicted octanol–water partition coefficient (Wildman–Crippen LogP) is 2.78. The van der Waals surface area contributed by atoms with Gasteiger partial charge in [-0.1, -0.05) is 11.6 Å². The van der Waals surface area contributed by atoms with E-state index in [-0.39, 0.29) is 18.8 Å². The van der Waals surface area contributed by atoms with Crippen molar-refractivity contribution >= 4 is 23.1 Å². The Kier molecular flexibility index (Phi) is 5.31. The lowest BCUT2D eigenvalue weighted by atomic mass is 10.1. The molecule has 0 bridgehead atoms. The maximum Gasteiger partial charge on any atom is 0.261 e. The number of hydrogen-bond acceptors (Lipinski definition) is 3. The lowest BCUT2D eigenvalue weighted by Crippen LogP contribution is -2.09. The molecule has 0 saturated carbocycles. The zero-order valence-electron chi connectivity index (χ0n) is 8.96. The quantitative estimate of drug-likeness (QED) is 0.488. The van der Waals surface area contributed by atoms with E-state index in [1.54, 1.807) is 0 Å². The number of carbonyl (C=O) groups is 1. The Morgan fingerprint density at radius 2 is 2.18 bits per heavy atom. The summed E-state index contributed by atoms with van der Waals surface area (Å²) in [5, 5.41) is 0.296. The van der Waals surface area contributed by atoms with Gasteiger partial charge in [0.15, 0.2) is 5.78 Å². The summed E-state index contributed by atoms with van der Waals surface area (Å²) in [6.07, 6.45) is -2.48. The molecule has 0 amide bonds. The molecular formula is C11H12ClF2NO2. The average molecular weight is 264 g/mol. The minimum Gasteiger partial charge on any atom is -0.398 e. The molecule has 0 saturated heterocycles. The molecule has 0 aliphatic heterocycles. The van der Waals surface area contributed by atoms with E-state index in [0.29, 0.717) is 16.3 Å². The maximum absolute atomic E-state index is 11.7. The van der Waals surface area contributed by atoms with Crippen molar-refractivity contribution in [3.8, 4) is 0 Å². The topological polar surface area (TPSA) is 52.3 Å². The number of alkyl halides is 2. The van der Waals surface area contributed by atoms with Crippen LogP contribution < -0.4 is 5.73 Å². The molecule has 94 valence electrons. The van der Waals surface area contributed by atoms with Crippen molar-refractivity contribution in [2.75, 3.05) is 18.9 Å². The van der Waals surface area contributed by atoms with Crippen molar-refractivity contribution in [2.24, 2.45) is 0 Å². The van der Waals surface area contributed by atoms with Crippen molar-refractivity contribution in [2.45, 2.75) is 12.8 Å². The summed E-state index contributed by atoms with van der Waals surface area (Å²) in [4.78, 5) is 11.6. The van der Waals surface area contributed by atoms with Gasteiger partial charge in [0.05, 0.1) is 17.3 Å². The molecule has 0 unspecified atom stereocenters. The average Bonchev–Trinajstić information content (AvgIpc) is 2.27. The second-order valence-corrected chi connectivity index (χ2v) is 3.78. The number of benzene rings is 1. The molecule has 0 aliphatic carbocycles. The van der Waals surface area contributed by atoms with E-state index in [9.17, 15) is 13.6 Å². The van der Waals surface area contributed by atoms with Crippen LogP contribution >= 0.6 is 11.6 Å². The summed E-state index contributed by atoms with van der Waals surface area (Å²) < 4.78 is 28.1. The number of anilines is 1. The van der Waals surface area contributed by atoms with Gasteiger partial charge in [0.1, 0.15) is 6.61 Å². The molecule has 2 N–H and O–H groups in total. The Bertz CT molecular complexity index is 399. The van der Waals surface area contributed by atoms with Crippen LogP contribution in [0.25, 0.3) is 0 Å². The summed E-state index contributed by atoms with van der Waals surface area (Å²) in [5.74, 6) is -0.221. The standard InChI is InChI=1S/C11H12ClF2NO2/c12-8-5-7(1-2-9(8)15)10(16)3-4-17-6-11(13)14/h1-2,5,11H,3-4,6,15H2. The number of ketones is 1. The smallest absolute Gasteiger partial charge is 0.261 e. The first-order valence-corrected chi connectivity index (χ1v) is 5.32. The van der Waals surface area contributed by atoms with Gasteiger partial charge in [0, 0.05) is 12.0 Å². The first kappa shape index (κ1) is 13.9. The second kappa shape index (κ2) is 6.51. The van der Waals surface area contributed by atoms with Gasteiger partial charge in [-0.3, -0.25) is 4.79 Å². The van der Waals surface area contributed by atoms with E-state index < -0.39 is 13.0 Å². The van der Waals surface area contributed by atoms with Crippen LogP contribution in [-0.2, 0) is 4.74 Å². The highest BCUT2D eigenvalue weighted by Gasteiger charge is 2.08. The van der Waals surface area contributed by atoms with Crippen LogP contribution in [0.2, 0.25) is 5.02 Å². The third-order valence-corrected chi connectivity index (χ3v) is 2.37. The first-order chi connectivity index (χ1) is 8.00. The molecule has 1 aromatic carbocycles. The predicted molar refractivity (Wildman–Crippen MR) is 61.6 cm³/mol. The molecule has 0 heterocycles. The molecule has 6 heteroatoms. The van der Waals surface area contributed by atoms with Crippen LogP contribution in [0, 0.1) is 0 Å². The van der Waals surface area contributed by atoms with Crippen LogP contribution in [0.4, 0.5) is 14.5 Å². The van der Waals surface area contributed by atoms with Crippen molar-refractivity contribution < 1.29 is 18.3 Å². The van der Waals surface area contributed by atoms with Gasteiger partial charge in [0.2, 0.25) is 0 Å². The van der Waals surface area contributed by atoms with Crippen LogP contribution in [-0.4, -0.2) is 25.4 Å². The van der Waals surface area contributed by atoms with Crippen LogP contribution in [0.15, 0.2) is 18.2 Å². The normalized spacial score (nSPS) is 10.8. The fourth-order valence-corrected chi connectivity index (χ4v) is 1.36. The van der Waals surface area contributed by atoms with Gasteiger partial charge in [-0.15, -0.1) is 0 Å². The number of carbonyl (C=O) groups excluding carboxylic acids is 1. The van der Waals surface area contributed by atoms with Crippen molar-refractivity contribution in [1.82, 2.24) is 0 Å². The SMILES string of the molecule is Nc1ccc(C(=O)CCOCC(F)F)cc1Cl. The van der Waals surface area contributed by atoms with Crippen LogP contribution in [0.5, 0.6) is 0 Å². The molecule has 1 aromatic rings. The van der Waals surface area contributed by atoms with Gasteiger partial charge < -0.3 is 10.5 Å². The first-order valence-electron chi connectivity index (χ1n) is 4.95. The molecular weight excluding hydrogens is 252 g/mol. The third kappa shape index (κ3) is 4.66. The number of rotatable bonds is 6. The Balaban J connectivity index is 2.44. The Morgan fingerprint density at radius 3 is 2.76 bits per heavy atom. The van der Waals surface area contributed by atoms with Gasteiger partial charge in [0.25, 0.3) is 6.43 Å². The molecule has 0 fully saturated rings. The molecule has 1 rings (SSSR count). The summed E-state index contributed by atoms with van der Waals surface area (Å²) in [7, 11) is 0. The molecule has 0 spiro atoms. The van der Waals surface area contributed by atoms with Gasteiger partial charge in [-0.2, -0.15) is 0 Å². The molecule has 0 aromatic heterocycles. The largest absolute Gasteiger partial charge is 0.398 e. The highest BCUT2D eigenvalue weighted by molar-refractivity contribution is 6.33. The maximum atomic E-state index is 11.7. The zero-order valence-corrected chi connectivity index (χ0v) is 9.71. The fraction of sp³-hybridized carbons (Fsp3) is 0.364. The summed E-state index contributed by atoms with van der Waals surface area (Å²) in [6, 6.07) is 4.51. The van der Waals surface area contributed by atoms with E-state index >= 15 is 0 Å². The molecule has 17 heavy (non-hydrogen) atoms. The Morgan fingerprint density at radius 1 is 1.47 bits per heavy atom. The number of Topliss-reactive ketones (excluding diaryl/α,β-unsaturated/α-hetero) is 1. The lowest BCUT2D eigenvalue weighted by molar-refractivity contribution is 0.0170. The number of halogens is 3. The molecule has 3 nitrogen and oxygen atoms in total.